The number of aryl methyl sites for hydroxylation is 1. The highest BCUT2D eigenvalue weighted by molar-refractivity contribution is 5.78. The fourth-order valence-electron chi connectivity index (χ4n) is 2.89. The van der Waals surface area contributed by atoms with Crippen molar-refractivity contribution >= 4 is 5.91 Å². The summed E-state index contributed by atoms with van der Waals surface area (Å²) in [7, 11) is 0. The highest BCUT2D eigenvalue weighted by atomic mass is 16.5. The minimum atomic E-state index is 0.0711. The number of carbonyl (C=O) groups excluding carboxylic acids is 1. The standard InChI is InChI=1S/C18H29N3O2/c1-3-15-5-7-16(8-6-15)17-13-19-9-11-21(17)14-18(22)20-10-12-23-4-2/h5-8,17,19H,3-4,9-14H2,1-2H3,(H,20,22). The van der Waals surface area contributed by atoms with Gasteiger partial charge in [-0.1, -0.05) is 31.2 Å². The number of rotatable bonds is 8. The van der Waals surface area contributed by atoms with Crippen LogP contribution in [0.4, 0.5) is 0 Å². The Hall–Kier alpha value is -1.43. The molecule has 1 saturated heterocycles. The monoisotopic (exact) mass is 319 g/mol. The molecule has 1 unspecified atom stereocenters. The molecule has 1 aliphatic rings. The van der Waals surface area contributed by atoms with E-state index in [0.29, 0.717) is 26.3 Å². The van der Waals surface area contributed by atoms with Gasteiger partial charge in [0, 0.05) is 38.8 Å². The summed E-state index contributed by atoms with van der Waals surface area (Å²) in [6.45, 7) is 9.09. The van der Waals surface area contributed by atoms with E-state index in [2.05, 4.69) is 46.7 Å². The molecular formula is C18H29N3O2. The molecule has 128 valence electrons. The lowest BCUT2D eigenvalue weighted by Crippen LogP contribution is -2.49. The number of ether oxygens (including phenoxy) is 1. The molecule has 0 spiro atoms. The normalized spacial score (nSPS) is 18.8. The first-order valence-corrected chi connectivity index (χ1v) is 8.62. The number of amides is 1. The van der Waals surface area contributed by atoms with Gasteiger partial charge >= 0.3 is 0 Å². The molecule has 0 radical (unpaired) electrons. The van der Waals surface area contributed by atoms with Crippen LogP contribution in [0.25, 0.3) is 0 Å². The second-order valence-corrected chi connectivity index (χ2v) is 5.83. The molecule has 23 heavy (non-hydrogen) atoms. The van der Waals surface area contributed by atoms with Crippen molar-refractivity contribution in [2.24, 2.45) is 0 Å². The fourth-order valence-corrected chi connectivity index (χ4v) is 2.89. The largest absolute Gasteiger partial charge is 0.380 e. The van der Waals surface area contributed by atoms with Gasteiger partial charge in [-0.25, -0.2) is 0 Å². The van der Waals surface area contributed by atoms with Crippen molar-refractivity contribution < 1.29 is 9.53 Å². The van der Waals surface area contributed by atoms with Crippen LogP contribution in [0.2, 0.25) is 0 Å². The zero-order valence-corrected chi connectivity index (χ0v) is 14.3. The molecule has 1 amide bonds. The van der Waals surface area contributed by atoms with Gasteiger partial charge in [-0.15, -0.1) is 0 Å². The zero-order chi connectivity index (χ0) is 16.5. The van der Waals surface area contributed by atoms with Gasteiger partial charge in [0.05, 0.1) is 13.2 Å². The van der Waals surface area contributed by atoms with E-state index in [1.165, 1.54) is 11.1 Å². The van der Waals surface area contributed by atoms with Gasteiger partial charge in [0.15, 0.2) is 0 Å². The Morgan fingerprint density at radius 1 is 1.35 bits per heavy atom. The maximum absolute atomic E-state index is 12.1. The lowest BCUT2D eigenvalue weighted by molar-refractivity contribution is -0.123. The molecular weight excluding hydrogens is 290 g/mol. The van der Waals surface area contributed by atoms with E-state index in [9.17, 15) is 4.79 Å². The van der Waals surface area contributed by atoms with Crippen LogP contribution in [0.1, 0.15) is 31.0 Å². The van der Waals surface area contributed by atoms with Crippen LogP contribution in [0, 0.1) is 0 Å². The summed E-state index contributed by atoms with van der Waals surface area (Å²) in [6, 6.07) is 9.01. The second-order valence-electron chi connectivity index (χ2n) is 5.83. The smallest absolute Gasteiger partial charge is 0.234 e. The van der Waals surface area contributed by atoms with Crippen molar-refractivity contribution in [3.63, 3.8) is 0 Å². The first-order chi connectivity index (χ1) is 11.2. The maximum atomic E-state index is 12.1. The lowest BCUT2D eigenvalue weighted by atomic mass is 10.0. The summed E-state index contributed by atoms with van der Waals surface area (Å²) >= 11 is 0. The van der Waals surface area contributed by atoms with Crippen LogP contribution >= 0.6 is 0 Å². The Labute approximate surface area is 139 Å². The number of benzene rings is 1. The third kappa shape index (κ3) is 5.61. The number of carbonyl (C=O) groups is 1. The third-order valence-corrected chi connectivity index (χ3v) is 4.25. The van der Waals surface area contributed by atoms with Gasteiger partial charge in [-0.3, -0.25) is 9.69 Å². The van der Waals surface area contributed by atoms with Crippen LogP contribution in [0.5, 0.6) is 0 Å². The van der Waals surface area contributed by atoms with Crippen LogP contribution in [0.3, 0.4) is 0 Å². The number of nitrogens with zero attached hydrogens (tertiary/aromatic N) is 1. The van der Waals surface area contributed by atoms with Gasteiger partial charge in [-0.05, 0) is 24.5 Å². The van der Waals surface area contributed by atoms with Crippen molar-refractivity contribution in [3.05, 3.63) is 35.4 Å². The molecule has 1 aromatic rings. The van der Waals surface area contributed by atoms with Gasteiger partial charge in [-0.2, -0.15) is 0 Å². The first kappa shape index (κ1) is 17.9. The fraction of sp³-hybridized carbons (Fsp3) is 0.611. The Kier molecular flexibility index (Phi) is 7.52. The molecule has 1 aromatic carbocycles. The number of hydrogen-bond acceptors (Lipinski definition) is 4. The van der Waals surface area contributed by atoms with Crippen molar-refractivity contribution in [1.82, 2.24) is 15.5 Å². The van der Waals surface area contributed by atoms with E-state index in [1.807, 2.05) is 6.92 Å². The maximum Gasteiger partial charge on any atom is 0.234 e. The molecule has 0 aliphatic carbocycles. The predicted molar refractivity (Wildman–Crippen MR) is 92.5 cm³/mol. The number of piperazine rings is 1. The quantitative estimate of drug-likeness (QED) is 0.710. The van der Waals surface area contributed by atoms with E-state index in [0.717, 1.165) is 26.1 Å². The summed E-state index contributed by atoms with van der Waals surface area (Å²) in [5.74, 6) is 0.0711. The van der Waals surface area contributed by atoms with Crippen molar-refractivity contribution in [3.8, 4) is 0 Å². The summed E-state index contributed by atoms with van der Waals surface area (Å²) in [5, 5.41) is 6.36. The Morgan fingerprint density at radius 3 is 2.83 bits per heavy atom. The summed E-state index contributed by atoms with van der Waals surface area (Å²) in [5.41, 5.74) is 2.62. The summed E-state index contributed by atoms with van der Waals surface area (Å²) < 4.78 is 5.25. The Morgan fingerprint density at radius 2 is 2.13 bits per heavy atom. The van der Waals surface area contributed by atoms with Crippen molar-refractivity contribution in [1.29, 1.82) is 0 Å². The molecule has 2 rings (SSSR count). The molecule has 1 atom stereocenters. The minimum Gasteiger partial charge on any atom is -0.380 e. The number of hydrogen-bond donors (Lipinski definition) is 2. The second kappa shape index (κ2) is 9.65. The van der Waals surface area contributed by atoms with Crippen molar-refractivity contribution in [2.45, 2.75) is 26.3 Å². The van der Waals surface area contributed by atoms with Gasteiger partial charge in [0.25, 0.3) is 0 Å². The molecule has 5 nitrogen and oxygen atoms in total. The van der Waals surface area contributed by atoms with Gasteiger partial charge in [0.1, 0.15) is 0 Å². The van der Waals surface area contributed by atoms with E-state index >= 15 is 0 Å². The van der Waals surface area contributed by atoms with Gasteiger partial charge < -0.3 is 15.4 Å². The predicted octanol–water partition coefficient (Wildman–Crippen LogP) is 1.35. The average molecular weight is 319 g/mol. The van der Waals surface area contributed by atoms with Crippen molar-refractivity contribution in [2.75, 3.05) is 45.9 Å². The van der Waals surface area contributed by atoms with E-state index in [4.69, 9.17) is 4.74 Å². The molecule has 0 saturated carbocycles. The van der Waals surface area contributed by atoms with Crippen LogP contribution in [-0.2, 0) is 16.0 Å². The van der Waals surface area contributed by atoms with E-state index in [1.54, 1.807) is 0 Å². The summed E-state index contributed by atoms with van der Waals surface area (Å²) in [4.78, 5) is 14.4. The highest BCUT2D eigenvalue weighted by Gasteiger charge is 2.25. The third-order valence-electron chi connectivity index (χ3n) is 4.25. The molecule has 1 aliphatic heterocycles. The minimum absolute atomic E-state index is 0.0711. The molecule has 0 aromatic heterocycles. The van der Waals surface area contributed by atoms with E-state index in [-0.39, 0.29) is 11.9 Å². The summed E-state index contributed by atoms with van der Waals surface area (Å²) in [6.07, 6.45) is 1.05. The topological polar surface area (TPSA) is 53.6 Å². The Bertz CT molecular complexity index is 476. The molecule has 1 heterocycles. The Balaban J connectivity index is 1.90. The molecule has 1 fully saturated rings. The average Bonchev–Trinajstić information content (AvgIpc) is 2.59. The SMILES string of the molecule is CCOCCNC(=O)CN1CCNCC1c1ccc(CC)cc1. The highest BCUT2D eigenvalue weighted by Crippen LogP contribution is 2.22. The van der Waals surface area contributed by atoms with E-state index < -0.39 is 0 Å². The molecule has 2 N–H and O–H groups in total. The van der Waals surface area contributed by atoms with Crippen LogP contribution in [-0.4, -0.2) is 56.7 Å². The molecule has 0 bridgehead atoms. The first-order valence-electron chi connectivity index (χ1n) is 8.62. The van der Waals surface area contributed by atoms with Crippen LogP contribution in [0.15, 0.2) is 24.3 Å². The zero-order valence-electron chi connectivity index (χ0n) is 14.3. The molecule has 5 heteroatoms. The number of nitrogens with one attached hydrogen (secondary N) is 2. The van der Waals surface area contributed by atoms with Gasteiger partial charge in [0.2, 0.25) is 5.91 Å². The van der Waals surface area contributed by atoms with Crippen LogP contribution < -0.4 is 10.6 Å². The lowest BCUT2D eigenvalue weighted by Gasteiger charge is -2.36.